The number of carbonyl (C=O) groups is 1. The molecule has 26 heavy (non-hydrogen) atoms. The second kappa shape index (κ2) is 8.68. The van der Waals surface area contributed by atoms with Gasteiger partial charge >= 0.3 is 0 Å². The van der Waals surface area contributed by atoms with Gasteiger partial charge in [-0.2, -0.15) is 0 Å². The summed E-state index contributed by atoms with van der Waals surface area (Å²) in [5.74, 6) is 0.826. The van der Waals surface area contributed by atoms with Crippen LogP contribution in [0.5, 0.6) is 0 Å². The second-order valence-electron chi connectivity index (χ2n) is 9.13. The van der Waals surface area contributed by atoms with Crippen molar-refractivity contribution in [1.82, 2.24) is 0 Å². The lowest BCUT2D eigenvalue weighted by Gasteiger charge is -2.33. The first kappa shape index (κ1) is 21.8. The zero-order chi connectivity index (χ0) is 19.5. The largest absolute Gasteiger partial charge is 0.396 e. The Balaban J connectivity index is 1.80. The molecule has 5 nitrogen and oxygen atoms in total. The molecule has 2 rings (SSSR count). The van der Waals surface area contributed by atoms with E-state index in [1.54, 1.807) is 0 Å². The van der Waals surface area contributed by atoms with Gasteiger partial charge in [0.15, 0.2) is 5.78 Å². The predicted octanol–water partition coefficient (Wildman–Crippen LogP) is 3.10. The summed E-state index contributed by atoms with van der Waals surface area (Å²) in [6.45, 7) is 10.9. The van der Waals surface area contributed by atoms with Crippen molar-refractivity contribution in [3.8, 4) is 0 Å². The molecule has 5 heteroatoms. The Bertz CT molecular complexity index is 479. The van der Waals surface area contributed by atoms with Gasteiger partial charge in [-0.05, 0) is 64.2 Å². The molecule has 0 radical (unpaired) electrons. The van der Waals surface area contributed by atoms with Gasteiger partial charge in [0.05, 0.1) is 18.3 Å². The van der Waals surface area contributed by atoms with Crippen molar-refractivity contribution in [1.29, 1.82) is 0 Å². The summed E-state index contributed by atoms with van der Waals surface area (Å²) in [5.41, 5.74) is -0.852. The topological polar surface area (TPSA) is 79.3 Å². The van der Waals surface area contributed by atoms with Gasteiger partial charge in [-0.1, -0.05) is 20.8 Å². The van der Waals surface area contributed by atoms with E-state index < -0.39 is 11.7 Å². The fraction of sp³-hybridized carbons (Fsp3) is 0.952. The SMILES string of the molecule is CC(CCC[C@]1(C)OCC(CCO)CC[C@H]1O)C(=O)C1OC1(C)C(C)C. The Morgan fingerprint density at radius 2 is 1.92 bits per heavy atom. The summed E-state index contributed by atoms with van der Waals surface area (Å²) in [7, 11) is 0. The van der Waals surface area contributed by atoms with Crippen LogP contribution in [-0.2, 0) is 14.3 Å². The molecule has 2 saturated heterocycles. The minimum absolute atomic E-state index is 0.0331. The van der Waals surface area contributed by atoms with Crippen LogP contribution >= 0.6 is 0 Å². The fourth-order valence-electron chi connectivity index (χ4n) is 3.99. The van der Waals surface area contributed by atoms with Gasteiger partial charge in [-0.25, -0.2) is 0 Å². The maximum Gasteiger partial charge on any atom is 0.167 e. The lowest BCUT2D eigenvalue weighted by Crippen LogP contribution is -2.41. The molecule has 2 fully saturated rings. The molecule has 6 atom stereocenters. The molecule has 0 aliphatic carbocycles. The quantitative estimate of drug-likeness (QED) is 0.610. The number of epoxide rings is 1. The molecule has 0 saturated carbocycles. The third-order valence-corrected chi connectivity index (χ3v) is 6.78. The Kier molecular flexibility index (Phi) is 7.28. The molecule has 0 aromatic carbocycles. The molecule has 2 heterocycles. The monoisotopic (exact) mass is 370 g/mol. The molecular formula is C21H38O5. The van der Waals surface area contributed by atoms with Crippen LogP contribution in [0.15, 0.2) is 0 Å². The highest BCUT2D eigenvalue weighted by Crippen LogP contribution is 2.44. The number of rotatable bonds is 9. The van der Waals surface area contributed by atoms with E-state index >= 15 is 0 Å². The number of ether oxygens (including phenoxy) is 2. The van der Waals surface area contributed by atoms with Crippen LogP contribution in [0.4, 0.5) is 0 Å². The fourth-order valence-corrected chi connectivity index (χ4v) is 3.99. The summed E-state index contributed by atoms with van der Waals surface area (Å²) >= 11 is 0. The minimum Gasteiger partial charge on any atom is -0.396 e. The normalized spacial score (nSPS) is 38.8. The highest BCUT2D eigenvalue weighted by molar-refractivity contribution is 5.88. The Labute approximate surface area is 158 Å². The van der Waals surface area contributed by atoms with Gasteiger partial charge in [-0.15, -0.1) is 0 Å². The van der Waals surface area contributed by atoms with E-state index in [9.17, 15) is 9.90 Å². The summed E-state index contributed by atoms with van der Waals surface area (Å²) in [6, 6.07) is 0. The molecule has 2 aliphatic rings. The van der Waals surface area contributed by atoms with Crippen molar-refractivity contribution in [3.05, 3.63) is 0 Å². The van der Waals surface area contributed by atoms with Gasteiger partial charge in [0.2, 0.25) is 0 Å². The maximum absolute atomic E-state index is 12.6. The molecule has 4 unspecified atom stereocenters. The summed E-state index contributed by atoms with van der Waals surface area (Å²) in [4.78, 5) is 12.6. The van der Waals surface area contributed by atoms with Crippen LogP contribution in [0.2, 0.25) is 0 Å². The lowest BCUT2D eigenvalue weighted by atomic mass is 9.85. The summed E-state index contributed by atoms with van der Waals surface area (Å²) in [5, 5.41) is 19.6. The van der Waals surface area contributed by atoms with E-state index in [0.29, 0.717) is 24.9 Å². The van der Waals surface area contributed by atoms with E-state index in [1.165, 1.54) is 0 Å². The van der Waals surface area contributed by atoms with Crippen molar-refractivity contribution in [2.24, 2.45) is 17.8 Å². The first-order valence-electron chi connectivity index (χ1n) is 10.3. The minimum atomic E-state index is -0.560. The third kappa shape index (κ3) is 4.86. The van der Waals surface area contributed by atoms with Crippen molar-refractivity contribution >= 4 is 5.78 Å². The summed E-state index contributed by atoms with van der Waals surface area (Å²) in [6.07, 6.45) is 3.95. The third-order valence-electron chi connectivity index (χ3n) is 6.78. The maximum atomic E-state index is 12.6. The molecule has 0 aromatic rings. The Hall–Kier alpha value is -0.490. The second-order valence-corrected chi connectivity index (χ2v) is 9.13. The number of carbonyl (C=O) groups excluding carboxylic acids is 1. The molecule has 0 spiro atoms. The molecule has 0 amide bonds. The molecule has 0 bridgehead atoms. The molecule has 152 valence electrons. The summed E-state index contributed by atoms with van der Waals surface area (Å²) < 4.78 is 11.8. The van der Waals surface area contributed by atoms with Gasteiger partial charge in [0.25, 0.3) is 0 Å². The van der Waals surface area contributed by atoms with Gasteiger partial charge in [-0.3, -0.25) is 4.79 Å². The van der Waals surface area contributed by atoms with Gasteiger partial charge in [0, 0.05) is 12.5 Å². The number of hydrogen-bond donors (Lipinski definition) is 2. The predicted molar refractivity (Wildman–Crippen MR) is 101 cm³/mol. The average molecular weight is 371 g/mol. The number of hydrogen-bond acceptors (Lipinski definition) is 5. The van der Waals surface area contributed by atoms with Crippen molar-refractivity contribution in [3.63, 3.8) is 0 Å². The smallest absolute Gasteiger partial charge is 0.167 e. The van der Waals surface area contributed by atoms with E-state index in [2.05, 4.69) is 13.8 Å². The molecule has 2 aliphatic heterocycles. The molecule has 0 aromatic heterocycles. The lowest BCUT2D eigenvalue weighted by molar-refractivity contribution is -0.125. The van der Waals surface area contributed by atoms with Crippen molar-refractivity contribution in [2.45, 2.75) is 96.6 Å². The first-order valence-corrected chi connectivity index (χ1v) is 10.3. The van der Waals surface area contributed by atoms with Crippen LogP contribution in [0.1, 0.15) is 73.1 Å². The highest BCUT2D eigenvalue weighted by atomic mass is 16.6. The number of aliphatic hydroxyl groups excluding tert-OH is 2. The van der Waals surface area contributed by atoms with Crippen LogP contribution < -0.4 is 0 Å². The average Bonchev–Trinajstić information content (AvgIpc) is 3.31. The van der Waals surface area contributed by atoms with E-state index in [-0.39, 0.29) is 30.0 Å². The van der Waals surface area contributed by atoms with Crippen LogP contribution in [-0.4, -0.2) is 52.6 Å². The number of aliphatic hydroxyl groups is 2. The number of ketones is 1. The van der Waals surface area contributed by atoms with E-state index in [4.69, 9.17) is 14.6 Å². The van der Waals surface area contributed by atoms with Crippen molar-refractivity contribution in [2.75, 3.05) is 13.2 Å². The van der Waals surface area contributed by atoms with Crippen LogP contribution in [0.3, 0.4) is 0 Å². The Morgan fingerprint density at radius 1 is 1.23 bits per heavy atom. The molecule has 2 N–H and O–H groups in total. The standard InChI is InChI=1S/C21H38O5/c1-14(2)21(5)19(26-21)18(24)15(3)7-6-11-20(4)17(23)9-8-16(10-12-22)13-25-20/h14-17,19,22-23H,6-13H2,1-5H3/t15?,16?,17-,19?,20+,21?/m1/s1. The highest BCUT2D eigenvalue weighted by Gasteiger charge is 2.58. The van der Waals surface area contributed by atoms with Crippen LogP contribution in [0.25, 0.3) is 0 Å². The first-order chi connectivity index (χ1) is 12.1. The van der Waals surface area contributed by atoms with E-state index in [1.807, 2.05) is 20.8 Å². The van der Waals surface area contributed by atoms with Gasteiger partial charge in [0.1, 0.15) is 11.7 Å². The number of Topliss-reactive ketones (excluding diaryl/α,β-unsaturated/α-hetero) is 1. The molecular weight excluding hydrogens is 332 g/mol. The van der Waals surface area contributed by atoms with Gasteiger partial charge < -0.3 is 19.7 Å². The zero-order valence-corrected chi connectivity index (χ0v) is 17.2. The van der Waals surface area contributed by atoms with Crippen molar-refractivity contribution < 1.29 is 24.5 Å². The van der Waals surface area contributed by atoms with E-state index in [0.717, 1.165) is 32.1 Å². The Morgan fingerprint density at radius 3 is 2.50 bits per heavy atom. The van der Waals surface area contributed by atoms with Crippen LogP contribution in [0, 0.1) is 17.8 Å². The zero-order valence-electron chi connectivity index (χ0n) is 17.2.